The largest absolute Gasteiger partial charge is 0.498 e. The zero-order valence-electron chi connectivity index (χ0n) is 21.9. The molecule has 4 rings (SSSR count). The molecule has 0 radical (unpaired) electrons. The van der Waals surface area contributed by atoms with Crippen molar-refractivity contribution in [3.05, 3.63) is 82.1 Å². The number of methoxy groups -OCH3 is 1. The van der Waals surface area contributed by atoms with E-state index < -0.39 is 0 Å². The van der Waals surface area contributed by atoms with Gasteiger partial charge >= 0.3 is 0 Å². The molecule has 0 spiro atoms. The number of carbonyl (C=O) groups is 1. The maximum absolute atomic E-state index is 13.5. The molecule has 6 heteroatoms. The molecule has 1 aromatic rings. The van der Waals surface area contributed by atoms with E-state index in [9.17, 15) is 9.18 Å². The van der Waals surface area contributed by atoms with Crippen molar-refractivity contribution >= 4 is 22.6 Å². The van der Waals surface area contributed by atoms with Crippen LogP contribution in [-0.2, 0) is 4.74 Å². The molecule has 2 atom stereocenters. The molecule has 1 aliphatic heterocycles. The number of halogens is 1. The van der Waals surface area contributed by atoms with Gasteiger partial charge in [-0.1, -0.05) is 25.6 Å². The van der Waals surface area contributed by atoms with Crippen LogP contribution >= 0.6 is 11.8 Å². The highest BCUT2D eigenvalue weighted by molar-refractivity contribution is 8.15. The lowest BCUT2D eigenvalue weighted by Gasteiger charge is -2.20. The Morgan fingerprint density at radius 1 is 1.27 bits per heavy atom. The van der Waals surface area contributed by atoms with Crippen LogP contribution in [0, 0.1) is 25.7 Å². The molecule has 194 valence electrons. The van der Waals surface area contributed by atoms with E-state index in [1.165, 1.54) is 17.7 Å². The van der Waals surface area contributed by atoms with Gasteiger partial charge in [0, 0.05) is 22.8 Å². The van der Waals surface area contributed by atoms with E-state index in [0.29, 0.717) is 24.5 Å². The van der Waals surface area contributed by atoms with Crippen molar-refractivity contribution in [2.75, 3.05) is 13.7 Å². The van der Waals surface area contributed by atoms with E-state index in [-0.39, 0.29) is 22.9 Å². The molecule has 0 saturated heterocycles. The van der Waals surface area contributed by atoms with Gasteiger partial charge in [-0.05, 0) is 85.7 Å². The summed E-state index contributed by atoms with van der Waals surface area (Å²) in [6, 6.07) is 5.74. The second kappa shape index (κ2) is 13.3. The third-order valence-electron chi connectivity index (χ3n) is 6.37. The van der Waals surface area contributed by atoms with Gasteiger partial charge < -0.3 is 9.47 Å². The zero-order chi connectivity index (χ0) is 26.9. The third kappa shape index (κ3) is 7.61. The summed E-state index contributed by atoms with van der Waals surface area (Å²) in [6.45, 7) is 6.68. The molecular weight excluding hydrogens is 485 g/mol. The van der Waals surface area contributed by atoms with Crippen LogP contribution in [0.2, 0.25) is 0 Å². The number of thioether (sulfide) groups is 1. The summed E-state index contributed by atoms with van der Waals surface area (Å²) in [5.74, 6) is 1.84. The number of aryl methyl sites for hydroxylation is 1. The number of ketones is 1. The number of hydrogen-bond acceptors (Lipinski definition) is 5. The molecule has 1 fully saturated rings. The Morgan fingerprint density at radius 3 is 2.68 bits per heavy atom. The minimum Gasteiger partial charge on any atom is -0.498 e. The number of ether oxygens (including phenoxy) is 2. The summed E-state index contributed by atoms with van der Waals surface area (Å²) < 4.78 is 24.9. The molecule has 2 aliphatic carbocycles. The number of Topliss-reactive ketones (excluding diaryl/α,β-unsaturated/α-hetero) is 1. The summed E-state index contributed by atoms with van der Waals surface area (Å²) in [7, 11) is 1.68. The van der Waals surface area contributed by atoms with Crippen LogP contribution in [0.25, 0.3) is 0 Å². The Kier molecular flexibility index (Phi) is 10.2. The van der Waals surface area contributed by atoms with Gasteiger partial charge in [0.05, 0.1) is 13.2 Å². The van der Waals surface area contributed by atoms with Gasteiger partial charge in [0.1, 0.15) is 29.0 Å². The van der Waals surface area contributed by atoms with E-state index in [2.05, 4.69) is 32.4 Å². The Labute approximate surface area is 224 Å². The first-order chi connectivity index (χ1) is 17.9. The van der Waals surface area contributed by atoms with Crippen LogP contribution in [0.4, 0.5) is 4.39 Å². The van der Waals surface area contributed by atoms with Crippen molar-refractivity contribution in [2.45, 2.75) is 57.7 Å². The number of aliphatic imine (C=N–C) groups is 1. The topological polar surface area (TPSA) is 47.9 Å². The Balaban J connectivity index is 0.00000186. The summed E-state index contributed by atoms with van der Waals surface area (Å²) in [6.07, 6.45) is 17.5. The fourth-order valence-electron chi connectivity index (χ4n) is 4.21. The molecule has 37 heavy (non-hydrogen) atoms. The normalized spacial score (nSPS) is 19.8. The fraction of sp³-hybridized carbons (Fsp3) is 0.387. The molecule has 0 aromatic heterocycles. The molecule has 0 N–H and O–H groups in total. The van der Waals surface area contributed by atoms with E-state index in [4.69, 9.17) is 14.5 Å². The van der Waals surface area contributed by atoms with Crippen molar-refractivity contribution in [2.24, 2.45) is 10.9 Å². The zero-order valence-corrected chi connectivity index (χ0v) is 22.7. The van der Waals surface area contributed by atoms with Gasteiger partial charge in [0.15, 0.2) is 5.78 Å². The van der Waals surface area contributed by atoms with Gasteiger partial charge in [0.2, 0.25) is 0 Å². The van der Waals surface area contributed by atoms with Crippen LogP contribution in [-0.4, -0.2) is 35.8 Å². The third-order valence-corrected chi connectivity index (χ3v) is 7.73. The van der Waals surface area contributed by atoms with Crippen LogP contribution in [0.5, 0.6) is 5.75 Å². The van der Waals surface area contributed by atoms with Crippen LogP contribution in [0.3, 0.4) is 0 Å². The second-order valence-electron chi connectivity index (χ2n) is 9.40. The van der Waals surface area contributed by atoms with Crippen LogP contribution < -0.4 is 4.74 Å². The average molecular weight is 520 g/mol. The van der Waals surface area contributed by atoms with E-state index in [0.717, 1.165) is 47.0 Å². The fourth-order valence-corrected chi connectivity index (χ4v) is 5.68. The van der Waals surface area contributed by atoms with Gasteiger partial charge in [-0.15, -0.1) is 18.6 Å². The number of benzene rings is 1. The number of rotatable bonds is 10. The molecule has 0 bridgehead atoms. The first-order valence-corrected chi connectivity index (χ1v) is 13.3. The van der Waals surface area contributed by atoms with Gasteiger partial charge in [-0.3, -0.25) is 9.79 Å². The molecular formula is C31H34FNO3S. The summed E-state index contributed by atoms with van der Waals surface area (Å²) >= 11 is 1.67. The number of carbonyl (C=O) groups excluding carboxylic acids is 1. The summed E-state index contributed by atoms with van der Waals surface area (Å²) in [5, 5.41) is 1.06. The lowest BCUT2D eigenvalue weighted by atomic mass is 9.96. The molecule has 3 aliphatic rings. The number of allylic oxidation sites excluding steroid dienone is 5. The van der Waals surface area contributed by atoms with Crippen LogP contribution in [0.1, 0.15) is 55.5 Å². The van der Waals surface area contributed by atoms with E-state index >= 15 is 0 Å². The number of terminal acetylenes is 1. The van der Waals surface area contributed by atoms with E-state index in [1.54, 1.807) is 31.0 Å². The SMILES string of the molecule is C#C.COC(COc1ccc(C(=O)CCC2SC(C3=C=CC=C(F)C=C3)=NC2C(C)C)cc1C)=C1CC1. The average Bonchev–Trinajstić information content (AvgIpc) is 3.68. The monoisotopic (exact) mass is 519 g/mol. The molecule has 1 aromatic carbocycles. The minimum absolute atomic E-state index is 0.111. The quantitative estimate of drug-likeness (QED) is 0.141. The standard InChI is InChI=1S/C29H32FNO3S.C2H2/c1-18(2)28-27(35-29(31-28)21-6-5-7-23(30)12-10-21)15-13-24(32)22-11-14-25(19(3)16-22)34-17-26(33-4)20-8-9-20;1-2/h5,7,10-12,14,16,18,27-28H,8-9,13,15,17H2,1-4H3;1-2H. The first kappa shape index (κ1) is 28.3. The van der Waals surface area contributed by atoms with Crippen molar-refractivity contribution in [3.8, 4) is 18.6 Å². The van der Waals surface area contributed by atoms with Gasteiger partial charge in [-0.2, -0.15) is 0 Å². The van der Waals surface area contributed by atoms with Gasteiger partial charge in [-0.25, -0.2) is 4.39 Å². The van der Waals surface area contributed by atoms with E-state index in [1.807, 2.05) is 25.1 Å². The second-order valence-corrected chi connectivity index (χ2v) is 10.6. The molecule has 2 unspecified atom stereocenters. The Morgan fingerprint density at radius 2 is 2.03 bits per heavy atom. The predicted octanol–water partition coefficient (Wildman–Crippen LogP) is 7.32. The Bertz CT molecular complexity index is 1220. The highest BCUT2D eigenvalue weighted by Gasteiger charge is 2.33. The van der Waals surface area contributed by atoms with Crippen molar-refractivity contribution in [3.63, 3.8) is 0 Å². The number of hydrogen-bond donors (Lipinski definition) is 0. The van der Waals surface area contributed by atoms with Crippen LogP contribution in [0.15, 0.2) is 76.0 Å². The smallest absolute Gasteiger partial charge is 0.162 e. The minimum atomic E-state index is -0.301. The summed E-state index contributed by atoms with van der Waals surface area (Å²) in [4.78, 5) is 17.9. The van der Waals surface area contributed by atoms with Crippen molar-refractivity contribution in [1.82, 2.24) is 0 Å². The summed E-state index contributed by atoms with van der Waals surface area (Å²) in [5.41, 5.74) is 6.86. The number of nitrogens with zero attached hydrogens (tertiary/aromatic N) is 1. The molecule has 4 nitrogen and oxygen atoms in total. The first-order valence-electron chi connectivity index (χ1n) is 12.5. The highest BCUT2D eigenvalue weighted by Crippen LogP contribution is 2.37. The lowest BCUT2D eigenvalue weighted by Crippen LogP contribution is -2.24. The maximum Gasteiger partial charge on any atom is 0.162 e. The molecule has 1 heterocycles. The molecule has 0 amide bonds. The predicted molar refractivity (Wildman–Crippen MR) is 151 cm³/mol. The lowest BCUT2D eigenvalue weighted by molar-refractivity contribution is 0.0978. The van der Waals surface area contributed by atoms with Crippen molar-refractivity contribution in [1.29, 1.82) is 0 Å². The highest BCUT2D eigenvalue weighted by atomic mass is 32.2. The Hall–Kier alpha value is -3.26. The molecule has 1 saturated carbocycles. The van der Waals surface area contributed by atoms with Gasteiger partial charge in [0.25, 0.3) is 0 Å². The van der Waals surface area contributed by atoms with Crippen molar-refractivity contribution < 1.29 is 18.7 Å². The maximum atomic E-state index is 13.5.